The summed E-state index contributed by atoms with van der Waals surface area (Å²) in [5.74, 6) is 0.676. The van der Waals surface area contributed by atoms with Crippen molar-refractivity contribution in [3.05, 3.63) is 35.6 Å². The summed E-state index contributed by atoms with van der Waals surface area (Å²) in [5.41, 5.74) is 0.813. The highest BCUT2D eigenvalue weighted by molar-refractivity contribution is 6.05. The number of hydrogen-bond acceptors (Lipinski definition) is 5. The van der Waals surface area contributed by atoms with Crippen molar-refractivity contribution in [3.8, 4) is 0 Å². The van der Waals surface area contributed by atoms with E-state index < -0.39 is 5.41 Å². The van der Waals surface area contributed by atoms with Crippen molar-refractivity contribution in [1.29, 1.82) is 0 Å². The van der Waals surface area contributed by atoms with Crippen molar-refractivity contribution < 1.29 is 18.7 Å². The van der Waals surface area contributed by atoms with E-state index in [4.69, 9.17) is 9.15 Å². The predicted octanol–water partition coefficient (Wildman–Crippen LogP) is 2.84. The van der Waals surface area contributed by atoms with Gasteiger partial charge in [-0.25, -0.2) is 0 Å². The summed E-state index contributed by atoms with van der Waals surface area (Å²) in [4.78, 5) is 29.4. The number of rotatable bonds is 3. The quantitative estimate of drug-likeness (QED) is 0.778. The summed E-state index contributed by atoms with van der Waals surface area (Å²) in [6.07, 6.45) is 2.03. The molecule has 144 valence electrons. The van der Waals surface area contributed by atoms with Gasteiger partial charge in [-0.15, -0.1) is 0 Å². The SMILES string of the molecule is Cc1cc2cccc(C(=O)N3CCC4(CC3)CC(CN(C)C)OC4=O)c2o1. The van der Waals surface area contributed by atoms with E-state index >= 15 is 0 Å². The highest BCUT2D eigenvalue weighted by Crippen LogP contribution is 2.43. The lowest BCUT2D eigenvalue weighted by Crippen LogP contribution is -2.45. The fourth-order valence-electron chi connectivity index (χ4n) is 4.42. The fourth-order valence-corrected chi connectivity index (χ4v) is 4.42. The number of likely N-dealkylation sites (tertiary alicyclic amines) is 1. The summed E-state index contributed by atoms with van der Waals surface area (Å²) in [7, 11) is 3.97. The number of para-hydroxylation sites is 1. The third-order valence-corrected chi connectivity index (χ3v) is 5.80. The number of fused-ring (bicyclic) bond motifs is 1. The molecule has 2 aliphatic heterocycles. The number of piperidine rings is 1. The average Bonchev–Trinajstić information content (AvgIpc) is 3.13. The van der Waals surface area contributed by atoms with Crippen molar-refractivity contribution >= 4 is 22.8 Å². The molecule has 6 nitrogen and oxygen atoms in total. The van der Waals surface area contributed by atoms with Crippen LogP contribution in [-0.4, -0.2) is 61.5 Å². The molecule has 1 aromatic carbocycles. The van der Waals surface area contributed by atoms with Gasteiger partial charge in [-0.05, 0) is 46.0 Å². The van der Waals surface area contributed by atoms with Crippen LogP contribution >= 0.6 is 0 Å². The standard InChI is InChI=1S/C21H26N2O4/c1-14-11-15-5-4-6-17(18(15)26-14)19(24)23-9-7-21(8-10-23)12-16(13-22(2)3)27-20(21)25/h4-6,11,16H,7-10,12-13H2,1-3H3. The van der Waals surface area contributed by atoms with E-state index in [1.165, 1.54) is 0 Å². The van der Waals surface area contributed by atoms with Crippen LogP contribution in [0.4, 0.5) is 0 Å². The average molecular weight is 370 g/mol. The lowest BCUT2D eigenvalue weighted by Gasteiger charge is -2.36. The second-order valence-corrected chi connectivity index (χ2v) is 8.15. The Morgan fingerprint density at radius 2 is 2.04 bits per heavy atom. The highest BCUT2D eigenvalue weighted by atomic mass is 16.6. The summed E-state index contributed by atoms with van der Waals surface area (Å²) in [5, 5.41) is 0.942. The first-order valence-corrected chi connectivity index (χ1v) is 9.52. The van der Waals surface area contributed by atoms with Crippen molar-refractivity contribution in [2.24, 2.45) is 5.41 Å². The number of furan rings is 1. The Hall–Kier alpha value is -2.34. The van der Waals surface area contributed by atoms with Gasteiger partial charge in [0.25, 0.3) is 5.91 Å². The van der Waals surface area contributed by atoms with Crippen LogP contribution < -0.4 is 0 Å². The van der Waals surface area contributed by atoms with Crippen molar-refractivity contribution in [2.75, 3.05) is 33.7 Å². The number of ether oxygens (including phenoxy) is 1. The van der Waals surface area contributed by atoms with Crippen LogP contribution in [0.5, 0.6) is 0 Å². The maximum atomic E-state index is 13.1. The summed E-state index contributed by atoms with van der Waals surface area (Å²) in [6.45, 7) is 3.77. The molecule has 0 bridgehead atoms. The van der Waals surface area contributed by atoms with E-state index in [-0.39, 0.29) is 18.0 Å². The molecule has 1 aromatic heterocycles. The van der Waals surface area contributed by atoms with Crippen LogP contribution in [0.15, 0.2) is 28.7 Å². The number of carbonyl (C=O) groups excluding carboxylic acids is 2. The molecule has 0 N–H and O–H groups in total. The van der Waals surface area contributed by atoms with Gasteiger partial charge in [-0.3, -0.25) is 9.59 Å². The van der Waals surface area contributed by atoms with Gasteiger partial charge < -0.3 is 19.0 Å². The molecule has 1 atom stereocenters. The topological polar surface area (TPSA) is 63.0 Å². The smallest absolute Gasteiger partial charge is 0.312 e. The molecule has 2 aliphatic rings. The fraction of sp³-hybridized carbons (Fsp3) is 0.524. The van der Waals surface area contributed by atoms with Gasteiger partial charge in [-0.2, -0.15) is 0 Å². The Labute approximate surface area is 159 Å². The summed E-state index contributed by atoms with van der Waals surface area (Å²) in [6, 6.07) is 7.59. The zero-order chi connectivity index (χ0) is 19.2. The van der Waals surface area contributed by atoms with Crippen LogP contribution in [0, 0.1) is 12.3 Å². The highest BCUT2D eigenvalue weighted by Gasteiger charge is 2.50. The molecule has 1 spiro atoms. The van der Waals surface area contributed by atoms with Gasteiger partial charge in [0.05, 0.1) is 11.0 Å². The first-order chi connectivity index (χ1) is 12.9. The van der Waals surface area contributed by atoms with Crippen molar-refractivity contribution in [3.63, 3.8) is 0 Å². The third kappa shape index (κ3) is 3.23. The molecular formula is C21H26N2O4. The minimum Gasteiger partial charge on any atom is -0.461 e. The number of cyclic esters (lactones) is 1. The molecule has 2 saturated heterocycles. The Balaban J connectivity index is 1.47. The van der Waals surface area contributed by atoms with Crippen LogP contribution in [0.2, 0.25) is 0 Å². The van der Waals surface area contributed by atoms with E-state index in [1.807, 2.05) is 55.1 Å². The Morgan fingerprint density at radius 1 is 1.30 bits per heavy atom. The number of benzene rings is 1. The van der Waals surface area contributed by atoms with E-state index in [0.29, 0.717) is 37.1 Å². The van der Waals surface area contributed by atoms with Gasteiger partial charge >= 0.3 is 5.97 Å². The Bertz CT molecular complexity index is 877. The van der Waals surface area contributed by atoms with Crippen molar-refractivity contribution in [2.45, 2.75) is 32.3 Å². The minimum atomic E-state index is -0.426. The number of aryl methyl sites for hydroxylation is 1. The number of nitrogens with zero attached hydrogens (tertiary/aromatic N) is 2. The van der Waals surface area contributed by atoms with Gasteiger partial charge in [-0.1, -0.05) is 12.1 Å². The van der Waals surface area contributed by atoms with Crippen LogP contribution in [-0.2, 0) is 9.53 Å². The molecule has 6 heteroatoms. The first-order valence-electron chi connectivity index (χ1n) is 9.52. The van der Waals surface area contributed by atoms with E-state index in [9.17, 15) is 9.59 Å². The summed E-state index contributed by atoms with van der Waals surface area (Å²) < 4.78 is 11.4. The molecule has 4 rings (SSSR count). The van der Waals surface area contributed by atoms with E-state index in [0.717, 1.165) is 24.1 Å². The van der Waals surface area contributed by atoms with Gasteiger partial charge in [0.15, 0.2) is 0 Å². The molecule has 2 fully saturated rings. The molecular weight excluding hydrogens is 344 g/mol. The van der Waals surface area contributed by atoms with Crippen LogP contribution in [0.3, 0.4) is 0 Å². The molecule has 1 amide bonds. The lowest BCUT2D eigenvalue weighted by atomic mass is 9.76. The molecule has 0 saturated carbocycles. The number of amides is 1. The largest absolute Gasteiger partial charge is 0.461 e. The lowest BCUT2D eigenvalue weighted by molar-refractivity contribution is -0.150. The number of carbonyl (C=O) groups is 2. The maximum absolute atomic E-state index is 13.1. The number of hydrogen-bond donors (Lipinski definition) is 0. The van der Waals surface area contributed by atoms with Crippen molar-refractivity contribution in [1.82, 2.24) is 9.80 Å². The van der Waals surface area contributed by atoms with Crippen LogP contribution in [0.1, 0.15) is 35.4 Å². The van der Waals surface area contributed by atoms with E-state index in [1.54, 1.807) is 0 Å². The second-order valence-electron chi connectivity index (χ2n) is 8.15. The second kappa shape index (κ2) is 6.68. The third-order valence-electron chi connectivity index (χ3n) is 5.80. The molecule has 1 unspecified atom stereocenters. The molecule has 2 aromatic rings. The molecule has 0 radical (unpaired) electrons. The number of likely N-dealkylation sites (N-methyl/N-ethyl adjacent to an activating group) is 1. The monoisotopic (exact) mass is 370 g/mol. The first kappa shape index (κ1) is 18.0. The molecule has 27 heavy (non-hydrogen) atoms. The zero-order valence-corrected chi connectivity index (χ0v) is 16.2. The Morgan fingerprint density at radius 3 is 2.74 bits per heavy atom. The normalized spacial score (nSPS) is 22.0. The van der Waals surface area contributed by atoms with Gasteiger partial charge in [0, 0.05) is 31.4 Å². The van der Waals surface area contributed by atoms with Gasteiger partial charge in [0.1, 0.15) is 17.4 Å². The van der Waals surface area contributed by atoms with Gasteiger partial charge in [0.2, 0.25) is 0 Å². The molecule has 0 aliphatic carbocycles. The molecule has 3 heterocycles. The zero-order valence-electron chi connectivity index (χ0n) is 16.2. The maximum Gasteiger partial charge on any atom is 0.312 e. The minimum absolute atomic E-state index is 0.0268. The number of esters is 1. The van der Waals surface area contributed by atoms with Crippen LogP contribution in [0.25, 0.3) is 11.0 Å². The summed E-state index contributed by atoms with van der Waals surface area (Å²) >= 11 is 0. The predicted molar refractivity (Wildman–Crippen MR) is 102 cm³/mol. The van der Waals surface area contributed by atoms with E-state index in [2.05, 4.69) is 0 Å². The Kier molecular flexibility index (Phi) is 4.46.